The summed E-state index contributed by atoms with van der Waals surface area (Å²) in [7, 11) is 1.75. The van der Waals surface area contributed by atoms with Crippen LogP contribution in [0.5, 0.6) is 0 Å². The summed E-state index contributed by atoms with van der Waals surface area (Å²) in [6, 6.07) is 8.01. The van der Waals surface area contributed by atoms with Gasteiger partial charge in [0.15, 0.2) is 0 Å². The molecule has 1 aromatic carbocycles. The highest BCUT2D eigenvalue weighted by Crippen LogP contribution is 2.15. The number of benzene rings is 1. The molecule has 0 atom stereocenters. The highest BCUT2D eigenvalue weighted by molar-refractivity contribution is 7.20. The second-order valence-corrected chi connectivity index (χ2v) is 5.42. The molecule has 3 aromatic rings. The molecule has 0 radical (unpaired) electrons. The number of aromatic nitrogens is 4. The Hall–Kier alpha value is -2.28. The van der Waals surface area contributed by atoms with Gasteiger partial charge in [0.2, 0.25) is 10.1 Å². The van der Waals surface area contributed by atoms with Crippen LogP contribution in [0.4, 0.5) is 5.13 Å². The zero-order valence-corrected chi connectivity index (χ0v) is 11.9. The summed E-state index contributed by atoms with van der Waals surface area (Å²) in [4.78, 5) is 12.8. The van der Waals surface area contributed by atoms with Crippen LogP contribution < -0.4 is 10.9 Å². The molecule has 7 heteroatoms. The molecule has 2 aromatic heterocycles. The van der Waals surface area contributed by atoms with Crippen LogP contribution in [0.15, 0.2) is 29.1 Å². The standard InChI is InChI=1S/C13H13N5OS/c1-8-3-5-9(6-4-8)7-10-11(19)18-13(16-15-10)20-12(14-2)17-18/h3-6H,7H2,1-2H3,(H,14,17). The second-order valence-electron chi connectivity index (χ2n) is 4.47. The fraction of sp³-hybridized carbons (Fsp3) is 0.231. The summed E-state index contributed by atoms with van der Waals surface area (Å²) in [5, 5.41) is 15.8. The van der Waals surface area contributed by atoms with E-state index in [2.05, 4.69) is 20.6 Å². The molecule has 2 heterocycles. The van der Waals surface area contributed by atoms with Gasteiger partial charge < -0.3 is 5.32 Å². The highest BCUT2D eigenvalue weighted by Gasteiger charge is 2.11. The van der Waals surface area contributed by atoms with Crippen LogP contribution in [-0.4, -0.2) is 26.9 Å². The van der Waals surface area contributed by atoms with Gasteiger partial charge in [-0.3, -0.25) is 4.79 Å². The van der Waals surface area contributed by atoms with E-state index >= 15 is 0 Å². The zero-order chi connectivity index (χ0) is 14.1. The van der Waals surface area contributed by atoms with E-state index in [1.54, 1.807) is 7.05 Å². The van der Waals surface area contributed by atoms with Crippen molar-refractivity contribution in [3.8, 4) is 0 Å². The highest BCUT2D eigenvalue weighted by atomic mass is 32.1. The van der Waals surface area contributed by atoms with E-state index in [-0.39, 0.29) is 5.56 Å². The largest absolute Gasteiger partial charge is 0.363 e. The summed E-state index contributed by atoms with van der Waals surface area (Å²) in [6.45, 7) is 2.03. The van der Waals surface area contributed by atoms with E-state index in [9.17, 15) is 4.79 Å². The Morgan fingerprint density at radius 3 is 2.70 bits per heavy atom. The van der Waals surface area contributed by atoms with Gasteiger partial charge in [0.1, 0.15) is 5.69 Å². The maximum absolute atomic E-state index is 12.3. The lowest BCUT2D eigenvalue weighted by Crippen LogP contribution is -2.22. The summed E-state index contributed by atoms with van der Waals surface area (Å²) in [5.41, 5.74) is 2.41. The number of hydrogen-bond donors (Lipinski definition) is 1. The van der Waals surface area contributed by atoms with Crippen molar-refractivity contribution in [2.75, 3.05) is 12.4 Å². The molecule has 20 heavy (non-hydrogen) atoms. The molecule has 1 N–H and O–H groups in total. The number of nitrogens with one attached hydrogen (secondary N) is 1. The molecule has 102 valence electrons. The molecule has 0 amide bonds. The summed E-state index contributed by atoms with van der Waals surface area (Å²) >= 11 is 1.30. The van der Waals surface area contributed by atoms with Gasteiger partial charge in [0.25, 0.3) is 5.56 Å². The number of nitrogens with zero attached hydrogens (tertiary/aromatic N) is 4. The first kappa shape index (κ1) is 12.7. The molecule has 3 rings (SSSR count). The first-order valence-electron chi connectivity index (χ1n) is 6.16. The Labute approximate surface area is 119 Å². The maximum atomic E-state index is 12.3. The van der Waals surface area contributed by atoms with Crippen LogP contribution >= 0.6 is 11.3 Å². The Bertz CT molecular complexity index is 806. The lowest BCUT2D eigenvalue weighted by Gasteiger charge is -2.00. The third-order valence-corrected chi connectivity index (χ3v) is 3.88. The molecule has 0 aliphatic rings. The van der Waals surface area contributed by atoms with E-state index in [4.69, 9.17) is 0 Å². The fourth-order valence-corrected chi connectivity index (χ4v) is 2.55. The molecule has 0 saturated heterocycles. The molecule has 0 saturated carbocycles. The first-order chi connectivity index (χ1) is 9.67. The first-order valence-corrected chi connectivity index (χ1v) is 6.98. The van der Waals surface area contributed by atoms with E-state index in [1.807, 2.05) is 31.2 Å². The van der Waals surface area contributed by atoms with Crippen molar-refractivity contribution in [3.63, 3.8) is 0 Å². The van der Waals surface area contributed by atoms with E-state index in [1.165, 1.54) is 21.4 Å². The predicted molar refractivity (Wildman–Crippen MR) is 78.5 cm³/mol. The molecular formula is C13H13N5OS. The normalized spacial score (nSPS) is 10.9. The minimum Gasteiger partial charge on any atom is -0.363 e. The molecular weight excluding hydrogens is 274 g/mol. The van der Waals surface area contributed by atoms with Crippen LogP contribution in [0.25, 0.3) is 4.96 Å². The van der Waals surface area contributed by atoms with Crippen molar-refractivity contribution in [2.45, 2.75) is 13.3 Å². The fourth-order valence-electron chi connectivity index (χ4n) is 1.86. The summed E-state index contributed by atoms with van der Waals surface area (Å²) < 4.78 is 1.30. The van der Waals surface area contributed by atoms with Crippen molar-refractivity contribution in [1.82, 2.24) is 19.8 Å². The van der Waals surface area contributed by atoms with Crippen molar-refractivity contribution in [1.29, 1.82) is 0 Å². The lowest BCUT2D eigenvalue weighted by atomic mass is 10.1. The van der Waals surface area contributed by atoms with E-state index in [0.29, 0.717) is 22.2 Å². The lowest BCUT2D eigenvalue weighted by molar-refractivity contribution is 0.809. The topological polar surface area (TPSA) is 72.2 Å². The number of fused-ring (bicyclic) bond motifs is 1. The second kappa shape index (κ2) is 5.01. The quantitative estimate of drug-likeness (QED) is 0.790. The smallest absolute Gasteiger partial charge is 0.297 e. The van der Waals surface area contributed by atoms with Crippen LogP contribution in [0.3, 0.4) is 0 Å². The molecule has 6 nitrogen and oxygen atoms in total. The summed E-state index contributed by atoms with van der Waals surface area (Å²) in [6.07, 6.45) is 0.460. The van der Waals surface area contributed by atoms with Gasteiger partial charge in [-0.15, -0.1) is 15.3 Å². The Kier molecular flexibility index (Phi) is 3.19. The Balaban J connectivity index is 2.01. The monoisotopic (exact) mass is 287 g/mol. The van der Waals surface area contributed by atoms with Crippen LogP contribution in [0, 0.1) is 6.92 Å². The number of hydrogen-bond acceptors (Lipinski definition) is 6. The van der Waals surface area contributed by atoms with Gasteiger partial charge in [0, 0.05) is 13.5 Å². The SMILES string of the molecule is CNc1nn2c(=O)c(Cc3ccc(C)cc3)nnc2s1. The minimum atomic E-state index is -0.215. The van der Waals surface area contributed by atoms with Crippen LogP contribution in [-0.2, 0) is 6.42 Å². The van der Waals surface area contributed by atoms with Gasteiger partial charge in [-0.05, 0) is 12.5 Å². The van der Waals surface area contributed by atoms with Crippen molar-refractivity contribution in [2.24, 2.45) is 0 Å². The number of aryl methyl sites for hydroxylation is 1. The van der Waals surface area contributed by atoms with Gasteiger partial charge in [0.05, 0.1) is 0 Å². The number of rotatable bonds is 3. The van der Waals surface area contributed by atoms with Gasteiger partial charge in [-0.1, -0.05) is 41.2 Å². The van der Waals surface area contributed by atoms with E-state index in [0.717, 1.165) is 5.56 Å². The van der Waals surface area contributed by atoms with Crippen LogP contribution in [0.2, 0.25) is 0 Å². The maximum Gasteiger partial charge on any atom is 0.297 e. The molecule has 0 aliphatic heterocycles. The zero-order valence-electron chi connectivity index (χ0n) is 11.1. The molecule has 0 bridgehead atoms. The third-order valence-electron chi connectivity index (χ3n) is 2.96. The number of anilines is 1. The van der Waals surface area contributed by atoms with Gasteiger partial charge >= 0.3 is 0 Å². The average Bonchev–Trinajstić information content (AvgIpc) is 2.88. The van der Waals surface area contributed by atoms with Gasteiger partial charge in [-0.25, -0.2) is 0 Å². The van der Waals surface area contributed by atoms with Crippen molar-refractivity contribution >= 4 is 21.4 Å². The van der Waals surface area contributed by atoms with Crippen molar-refractivity contribution in [3.05, 3.63) is 51.4 Å². The van der Waals surface area contributed by atoms with Gasteiger partial charge in [-0.2, -0.15) is 4.52 Å². The minimum absolute atomic E-state index is 0.215. The molecule has 0 aliphatic carbocycles. The van der Waals surface area contributed by atoms with Crippen LogP contribution in [0.1, 0.15) is 16.8 Å². The predicted octanol–water partition coefficient (Wildman–Crippen LogP) is 1.49. The molecule has 0 fully saturated rings. The Morgan fingerprint density at radius 2 is 2.00 bits per heavy atom. The molecule has 0 spiro atoms. The summed E-state index contributed by atoms with van der Waals surface area (Å²) in [5.74, 6) is 0. The Morgan fingerprint density at radius 1 is 1.25 bits per heavy atom. The third kappa shape index (κ3) is 2.27. The molecule has 0 unspecified atom stereocenters. The average molecular weight is 287 g/mol. The van der Waals surface area contributed by atoms with Crippen molar-refractivity contribution < 1.29 is 0 Å². The van der Waals surface area contributed by atoms with E-state index < -0.39 is 0 Å².